The Morgan fingerprint density at radius 2 is 2.10 bits per heavy atom. The molecule has 1 aromatic carbocycles. The van der Waals surface area contributed by atoms with Crippen molar-refractivity contribution in [1.29, 1.82) is 0 Å². The normalized spacial score (nSPS) is 10.5. The Balaban J connectivity index is 2.93. The predicted molar refractivity (Wildman–Crippen MR) is 41.7 cm³/mol. The fourth-order valence-electron chi connectivity index (χ4n) is 0.858. The fourth-order valence-corrected chi connectivity index (χ4v) is 1.27. The average Bonchev–Trinajstić information content (AvgIpc) is 2.34. The highest BCUT2D eigenvalue weighted by molar-refractivity contribution is 9.10. The third-order valence-electron chi connectivity index (χ3n) is 1.34. The lowest BCUT2D eigenvalue weighted by Crippen LogP contribution is -1.62. The molecule has 0 amide bonds. The van der Waals surface area contributed by atoms with Crippen LogP contribution in [-0.4, -0.2) is 5.16 Å². The zero-order valence-corrected chi connectivity index (χ0v) is 6.63. The summed E-state index contributed by atoms with van der Waals surface area (Å²) in [5, 5.41) is 4.81. The van der Waals surface area contributed by atoms with Crippen LogP contribution in [-0.2, 0) is 0 Å². The Kier molecular flexibility index (Phi) is 1.24. The van der Waals surface area contributed by atoms with Gasteiger partial charge in [-0.05, 0) is 28.1 Å². The van der Waals surface area contributed by atoms with Crippen LogP contribution in [0.15, 0.2) is 33.5 Å². The molecule has 2 nitrogen and oxygen atoms in total. The second kappa shape index (κ2) is 2.09. The van der Waals surface area contributed by atoms with E-state index in [1.54, 1.807) is 0 Å². The number of hydrogen-bond donors (Lipinski definition) is 0. The van der Waals surface area contributed by atoms with Gasteiger partial charge in [-0.15, -0.1) is 0 Å². The molecule has 1 heterocycles. The minimum absolute atomic E-state index is 0.697. The molecular formula is C7H4BrNO. The van der Waals surface area contributed by atoms with E-state index in [1.807, 2.05) is 24.3 Å². The molecule has 1 aromatic heterocycles. The lowest BCUT2D eigenvalue weighted by molar-refractivity contribution is 0.408. The van der Waals surface area contributed by atoms with Gasteiger partial charge in [-0.1, -0.05) is 17.3 Å². The van der Waals surface area contributed by atoms with Crippen LogP contribution < -0.4 is 0 Å². The molecule has 0 aliphatic rings. The lowest BCUT2D eigenvalue weighted by Gasteiger charge is -1.80. The van der Waals surface area contributed by atoms with Crippen molar-refractivity contribution in [3.05, 3.63) is 28.9 Å². The van der Waals surface area contributed by atoms with Gasteiger partial charge >= 0.3 is 0 Å². The molecule has 0 unspecified atom stereocenters. The fraction of sp³-hybridized carbons (Fsp3) is 0. The Morgan fingerprint density at radius 1 is 1.30 bits per heavy atom. The van der Waals surface area contributed by atoms with Gasteiger partial charge < -0.3 is 4.52 Å². The first-order chi connectivity index (χ1) is 4.88. The van der Waals surface area contributed by atoms with E-state index in [0.717, 1.165) is 10.9 Å². The van der Waals surface area contributed by atoms with E-state index in [-0.39, 0.29) is 0 Å². The summed E-state index contributed by atoms with van der Waals surface area (Å²) in [6.07, 6.45) is 0. The van der Waals surface area contributed by atoms with Crippen molar-refractivity contribution in [1.82, 2.24) is 5.16 Å². The summed E-state index contributed by atoms with van der Waals surface area (Å²) in [7, 11) is 0. The van der Waals surface area contributed by atoms with Gasteiger partial charge in [-0.2, -0.15) is 0 Å². The second-order valence-electron chi connectivity index (χ2n) is 1.97. The SMILES string of the molecule is Brc1onc2ccccc12. The quantitative estimate of drug-likeness (QED) is 0.650. The van der Waals surface area contributed by atoms with Crippen molar-refractivity contribution >= 4 is 26.8 Å². The average molecular weight is 198 g/mol. The largest absolute Gasteiger partial charge is 0.348 e. The summed E-state index contributed by atoms with van der Waals surface area (Å²) < 4.78 is 5.58. The predicted octanol–water partition coefficient (Wildman–Crippen LogP) is 2.59. The molecule has 2 aromatic rings. The van der Waals surface area contributed by atoms with Crippen molar-refractivity contribution in [3.8, 4) is 0 Å². The second-order valence-corrected chi connectivity index (χ2v) is 2.69. The number of halogens is 1. The molecule has 0 saturated heterocycles. The van der Waals surface area contributed by atoms with Crippen LogP contribution in [0.4, 0.5) is 0 Å². The maximum absolute atomic E-state index is 4.88. The molecule has 0 aliphatic carbocycles. The Labute approximate surface area is 65.9 Å². The minimum atomic E-state index is 0.697. The summed E-state index contributed by atoms with van der Waals surface area (Å²) >= 11 is 3.24. The molecule has 3 heteroatoms. The highest BCUT2D eigenvalue weighted by Crippen LogP contribution is 2.22. The maximum Gasteiger partial charge on any atom is 0.209 e. The van der Waals surface area contributed by atoms with Crippen LogP contribution in [0.25, 0.3) is 10.9 Å². The van der Waals surface area contributed by atoms with Crippen molar-refractivity contribution < 1.29 is 4.52 Å². The van der Waals surface area contributed by atoms with E-state index in [9.17, 15) is 0 Å². The maximum atomic E-state index is 4.88. The molecule has 0 spiro atoms. The first-order valence-electron chi connectivity index (χ1n) is 2.88. The van der Waals surface area contributed by atoms with Gasteiger partial charge in [0.25, 0.3) is 0 Å². The first-order valence-corrected chi connectivity index (χ1v) is 3.67. The van der Waals surface area contributed by atoms with Crippen molar-refractivity contribution in [2.45, 2.75) is 0 Å². The van der Waals surface area contributed by atoms with E-state index in [1.165, 1.54) is 0 Å². The van der Waals surface area contributed by atoms with Crippen LogP contribution in [0.1, 0.15) is 0 Å². The lowest BCUT2D eigenvalue weighted by atomic mass is 10.3. The standard InChI is InChI=1S/C7H4BrNO/c8-7-5-3-1-2-4-6(5)9-10-7/h1-4H. The van der Waals surface area contributed by atoms with Gasteiger partial charge in [0.1, 0.15) is 5.52 Å². The Hall–Kier alpha value is -0.830. The molecule has 2 rings (SSSR count). The van der Waals surface area contributed by atoms with Gasteiger partial charge in [-0.3, -0.25) is 0 Å². The van der Waals surface area contributed by atoms with Crippen LogP contribution in [0.3, 0.4) is 0 Å². The van der Waals surface area contributed by atoms with Gasteiger partial charge in [0.2, 0.25) is 4.67 Å². The Morgan fingerprint density at radius 3 is 2.90 bits per heavy atom. The van der Waals surface area contributed by atoms with Gasteiger partial charge in [-0.25, -0.2) is 0 Å². The molecule has 0 bridgehead atoms. The third kappa shape index (κ3) is 0.743. The molecule has 0 fully saturated rings. The van der Waals surface area contributed by atoms with E-state index in [4.69, 9.17) is 4.52 Å². The first kappa shape index (κ1) is 5.92. The zero-order chi connectivity index (χ0) is 6.97. The number of aromatic nitrogens is 1. The van der Waals surface area contributed by atoms with E-state index >= 15 is 0 Å². The summed E-state index contributed by atoms with van der Waals surface area (Å²) in [4.78, 5) is 0. The third-order valence-corrected chi connectivity index (χ3v) is 1.91. The monoisotopic (exact) mass is 197 g/mol. The summed E-state index contributed by atoms with van der Waals surface area (Å²) in [6.45, 7) is 0. The summed E-state index contributed by atoms with van der Waals surface area (Å²) in [6, 6.07) is 7.74. The number of rotatable bonds is 0. The molecule has 0 saturated carbocycles. The van der Waals surface area contributed by atoms with Crippen molar-refractivity contribution in [2.24, 2.45) is 0 Å². The molecular weight excluding hydrogens is 194 g/mol. The van der Waals surface area contributed by atoms with Crippen LogP contribution in [0.5, 0.6) is 0 Å². The van der Waals surface area contributed by atoms with Gasteiger partial charge in [0, 0.05) is 0 Å². The Bertz CT molecular complexity index is 355. The molecule has 0 radical (unpaired) electrons. The van der Waals surface area contributed by atoms with E-state index in [0.29, 0.717) is 4.67 Å². The number of benzene rings is 1. The zero-order valence-electron chi connectivity index (χ0n) is 5.04. The highest BCUT2D eigenvalue weighted by atomic mass is 79.9. The topological polar surface area (TPSA) is 26.0 Å². The number of hydrogen-bond acceptors (Lipinski definition) is 2. The molecule has 50 valence electrons. The smallest absolute Gasteiger partial charge is 0.209 e. The number of nitrogens with zero attached hydrogens (tertiary/aromatic N) is 1. The summed E-state index contributed by atoms with van der Waals surface area (Å²) in [5.74, 6) is 0. The van der Waals surface area contributed by atoms with Gasteiger partial charge in [0.15, 0.2) is 0 Å². The minimum Gasteiger partial charge on any atom is -0.348 e. The van der Waals surface area contributed by atoms with Crippen LogP contribution in [0, 0.1) is 0 Å². The highest BCUT2D eigenvalue weighted by Gasteiger charge is 2.01. The molecule has 0 N–H and O–H groups in total. The van der Waals surface area contributed by atoms with Gasteiger partial charge in [0.05, 0.1) is 5.39 Å². The van der Waals surface area contributed by atoms with Crippen LogP contribution in [0.2, 0.25) is 0 Å². The van der Waals surface area contributed by atoms with Crippen LogP contribution >= 0.6 is 15.9 Å². The van der Waals surface area contributed by atoms with E-state index in [2.05, 4.69) is 21.1 Å². The molecule has 0 atom stereocenters. The van der Waals surface area contributed by atoms with E-state index < -0.39 is 0 Å². The number of fused-ring (bicyclic) bond motifs is 1. The van der Waals surface area contributed by atoms with Crippen molar-refractivity contribution in [2.75, 3.05) is 0 Å². The summed E-state index contributed by atoms with van der Waals surface area (Å²) in [5.41, 5.74) is 0.884. The molecule has 10 heavy (non-hydrogen) atoms. The van der Waals surface area contributed by atoms with Crippen molar-refractivity contribution in [3.63, 3.8) is 0 Å². The molecule has 0 aliphatic heterocycles.